The number of aromatic nitrogens is 3. The van der Waals surface area contributed by atoms with E-state index in [2.05, 4.69) is 20.6 Å². The largest absolute Gasteiger partial charge is 0.494 e. The molecule has 0 spiro atoms. The first-order valence-corrected chi connectivity index (χ1v) is 8.06. The van der Waals surface area contributed by atoms with Gasteiger partial charge in [0, 0.05) is 19.7 Å². The van der Waals surface area contributed by atoms with Gasteiger partial charge in [-0.2, -0.15) is 0 Å². The number of ether oxygens (including phenoxy) is 1. The Morgan fingerprint density at radius 2 is 2.24 bits per heavy atom. The number of carbonyl (C=O) groups is 2. The number of methoxy groups -OCH3 is 1. The zero-order valence-electron chi connectivity index (χ0n) is 14.4. The van der Waals surface area contributed by atoms with Crippen molar-refractivity contribution in [3.8, 4) is 5.75 Å². The highest BCUT2D eigenvalue weighted by Gasteiger charge is 2.33. The first-order chi connectivity index (χ1) is 12.0. The van der Waals surface area contributed by atoms with Crippen LogP contribution in [-0.2, 0) is 11.8 Å². The maximum atomic E-state index is 12.7. The van der Waals surface area contributed by atoms with Crippen molar-refractivity contribution < 1.29 is 14.3 Å². The Hall–Kier alpha value is -2.90. The highest BCUT2D eigenvalue weighted by Crippen LogP contribution is 2.25. The summed E-state index contributed by atoms with van der Waals surface area (Å²) in [6, 6.07) is 1.17. The van der Waals surface area contributed by atoms with E-state index >= 15 is 0 Å². The van der Waals surface area contributed by atoms with E-state index in [4.69, 9.17) is 4.74 Å². The Kier molecular flexibility index (Phi) is 4.69. The molecule has 2 aromatic rings. The van der Waals surface area contributed by atoms with Crippen molar-refractivity contribution >= 4 is 11.8 Å². The van der Waals surface area contributed by atoms with Gasteiger partial charge in [-0.15, -0.1) is 0 Å². The average molecular weight is 343 g/mol. The van der Waals surface area contributed by atoms with Crippen LogP contribution in [0.2, 0.25) is 0 Å². The molecule has 2 N–H and O–H groups in total. The van der Waals surface area contributed by atoms with Crippen LogP contribution in [0.5, 0.6) is 5.75 Å². The van der Waals surface area contributed by atoms with E-state index in [1.807, 2.05) is 18.5 Å². The van der Waals surface area contributed by atoms with Gasteiger partial charge in [0.2, 0.25) is 5.91 Å². The summed E-state index contributed by atoms with van der Waals surface area (Å²) in [5, 5.41) is 5.92. The van der Waals surface area contributed by atoms with Gasteiger partial charge >= 0.3 is 0 Å². The molecule has 8 nitrogen and oxygen atoms in total. The van der Waals surface area contributed by atoms with Crippen LogP contribution in [-0.4, -0.2) is 39.5 Å². The second kappa shape index (κ2) is 6.92. The molecule has 1 aliphatic rings. The van der Waals surface area contributed by atoms with E-state index in [1.165, 1.54) is 7.11 Å². The molecule has 0 aliphatic carbocycles. The van der Waals surface area contributed by atoms with Crippen molar-refractivity contribution in [2.45, 2.75) is 31.8 Å². The average Bonchev–Trinajstić information content (AvgIpc) is 3.02. The second-order valence-electron chi connectivity index (χ2n) is 6.16. The quantitative estimate of drug-likeness (QED) is 0.859. The monoisotopic (exact) mass is 343 g/mol. The summed E-state index contributed by atoms with van der Waals surface area (Å²) in [4.78, 5) is 32.8. The van der Waals surface area contributed by atoms with Crippen molar-refractivity contribution in [1.29, 1.82) is 0 Å². The summed E-state index contributed by atoms with van der Waals surface area (Å²) in [6.45, 7) is 1.88. The van der Waals surface area contributed by atoms with Crippen molar-refractivity contribution in [1.82, 2.24) is 25.2 Å². The minimum Gasteiger partial charge on any atom is -0.494 e. The molecule has 25 heavy (non-hydrogen) atoms. The summed E-state index contributed by atoms with van der Waals surface area (Å²) >= 11 is 0. The maximum absolute atomic E-state index is 12.7. The van der Waals surface area contributed by atoms with Crippen molar-refractivity contribution in [2.75, 3.05) is 7.11 Å². The normalized spacial score (nSPS) is 20.0. The van der Waals surface area contributed by atoms with Crippen LogP contribution in [0.25, 0.3) is 0 Å². The first-order valence-electron chi connectivity index (χ1n) is 8.06. The lowest BCUT2D eigenvalue weighted by Crippen LogP contribution is -2.50. The Labute approximate surface area is 145 Å². The summed E-state index contributed by atoms with van der Waals surface area (Å²) in [7, 11) is 3.36. The van der Waals surface area contributed by atoms with Crippen molar-refractivity contribution in [3.63, 3.8) is 0 Å². The number of hydrogen-bond acceptors (Lipinski definition) is 5. The Morgan fingerprint density at radius 1 is 1.44 bits per heavy atom. The molecule has 132 valence electrons. The lowest BCUT2D eigenvalue weighted by Gasteiger charge is -2.32. The van der Waals surface area contributed by atoms with Crippen LogP contribution in [0.15, 0.2) is 24.8 Å². The van der Waals surface area contributed by atoms with E-state index in [9.17, 15) is 9.59 Å². The molecule has 0 aromatic carbocycles. The second-order valence-corrected chi connectivity index (χ2v) is 6.16. The predicted molar refractivity (Wildman–Crippen MR) is 90.1 cm³/mol. The van der Waals surface area contributed by atoms with Crippen LogP contribution >= 0.6 is 0 Å². The predicted octanol–water partition coefficient (Wildman–Crippen LogP) is 0.882. The Bertz CT molecular complexity index is 801. The highest BCUT2D eigenvalue weighted by atomic mass is 16.5. The molecule has 8 heteroatoms. The third-order valence-electron chi connectivity index (χ3n) is 4.31. The summed E-state index contributed by atoms with van der Waals surface area (Å²) < 4.78 is 7.10. The van der Waals surface area contributed by atoms with Crippen molar-refractivity contribution in [3.05, 3.63) is 41.7 Å². The molecule has 0 saturated carbocycles. The molecule has 0 bridgehead atoms. The number of nitrogens with zero attached hydrogens (tertiary/aromatic N) is 3. The maximum Gasteiger partial charge on any atom is 0.274 e. The van der Waals surface area contributed by atoms with Gasteiger partial charge in [0.25, 0.3) is 5.91 Å². The summed E-state index contributed by atoms with van der Waals surface area (Å²) in [5.74, 6) is 0.0577. The van der Waals surface area contributed by atoms with Gasteiger partial charge in [-0.25, -0.2) is 9.97 Å². The SMILES string of the molecule is COc1cc(C)cnc1C(=O)N[C@@H]1CCC(=O)N[C@H]1c1cncn1C. The van der Waals surface area contributed by atoms with Gasteiger partial charge in [0.15, 0.2) is 5.69 Å². The number of aryl methyl sites for hydroxylation is 2. The zero-order chi connectivity index (χ0) is 18.0. The molecule has 2 aromatic heterocycles. The molecule has 1 fully saturated rings. The number of carbonyl (C=O) groups excluding carboxylic acids is 2. The molecular formula is C17H21N5O3. The van der Waals surface area contributed by atoms with E-state index in [0.29, 0.717) is 18.6 Å². The third kappa shape index (κ3) is 3.47. The standard InChI is InChI=1S/C17H21N5O3/c1-10-6-13(25-3)16(19-7-10)17(24)20-11-4-5-14(23)21-15(11)12-8-18-9-22(12)2/h6-9,11,15H,4-5H2,1-3H3,(H,20,24)(H,21,23)/t11-,15-/m1/s1. The minimum absolute atomic E-state index is 0.0391. The Morgan fingerprint density at radius 3 is 2.92 bits per heavy atom. The van der Waals surface area contributed by atoms with Gasteiger partial charge in [-0.3, -0.25) is 9.59 Å². The summed E-state index contributed by atoms with van der Waals surface area (Å²) in [6.07, 6.45) is 5.89. The van der Waals surface area contributed by atoms with Crippen LogP contribution in [0.1, 0.15) is 40.6 Å². The fraction of sp³-hybridized carbons (Fsp3) is 0.412. The van der Waals surface area contributed by atoms with Crippen LogP contribution < -0.4 is 15.4 Å². The summed E-state index contributed by atoms with van der Waals surface area (Å²) in [5.41, 5.74) is 1.97. The van der Waals surface area contributed by atoms with E-state index in [1.54, 1.807) is 24.8 Å². The van der Waals surface area contributed by atoms with Crippen LogP contribution in [0.3, 0.4) is 0 Å². The molecule has 1 saturated heterocycles. The molecular weight excluding hydrogens is 322 g/mol. The molecule has 2 amide bonds. The molecule has 3 rings (SSSR count). The number of piperidine rings is 1. The number of hydrogen-bond donors (Lipinski definition) is 2. The zero-order valence-corrected chi connectivity index (χ0v) is 14.4. The molecule has 0 unspecified atom stereocenters. The molecule has 1 aliphatic heterocycles. The lowest BCUT2D eigenvalue weighted by atomic mass is 9.95. The first kappa shape index (κ1) is 16.9. The lowest BCUT2D eigenvalue weighted by molar-refractivity contribution is -0.123. The number of amides is 2. The van der Waals surface area contributed by atoms with Gasteiger partial charge in [0.05, 0.1) is 37.4 Å². The minimum atomic E-state index is -0.339. The number of nitrogens with one attached hydrogen (secondary N) is 2. The van der Waals surface area contributed by atoms with Gasteiger partial charge < -0.3 is 19.9 Å². The van der Waals surface area contributed by atoms with Gasteiger partial charge in [-0.05, 0) is 25.0 Å². The molecule has 2 atom stereocenters. The fourth-order valence-corrected chi connectivity index (χ4v) is 3.01. The fourth-order valence-electron chi connectivity index (χ4n) is 3.01. The van der Waals surface area contributed by atoms with Crippen molar-refractivity contribution in [2.24, 2.45) is 7.05 Å². The number of rotatable bonds is 4. The van der Waals surface area contributed by atoms with Gasteiger partial charge in [-0.1, -0.05) is 0 Å². The molecule has 0 radical (unpaired) electrons. The van der Waals surface area contributed by atoms with E-state index in [0.717, 1.165) is 11.3 Å². The van der Waals surface area contributed by atoms with E-state index in [-0.39, 0.29) is 29.6 Å². The van der Waals surface area contributed by atoms with Gasteiger partial charge in [0.1, 0.15) is 5.75 Å². The Balaban J connectivity index is 1.84. The topological polar surface area (TPSA) is 98.1 Å². The molecule has 3 heterocycles. The third-order valence-corrected chi connectivity index (χ3v) is 4.31. The smallest absolute Gasteiger partial charge is 0.274 e. The van der Waals surface area contributed by atoms with Crippen LogP contribution in [0, 0.1) is 6.92 Å². The highest BCUT2D eigenvalue weighted by molar-refractivity contribution is 5.95. The van der Waals surface area contributed by atoms with E-state index < -0.39 is 0 Å². The number of imidazole rings is 1. The van der Waals surface area contributed by atoms with Crippen LogP contribution in [0.4, 0.5) is 0 Å². The number of pyridine rings is 1.